The summed E-state index contributed by atoms with van der Waals surface area (Å²) in [6.07, 6.45) is 9.47. The Bertz CT molecular complexity index is 482. The Morgan fingerprint density at radius 1 is 0.900 bits per heavy atom. The average Bonchev–Trinajstić information content (AvgIpc) is 2.52. The molecular weight excluding hydrogens is 244 g/mol. The second-order valence-electron chi connectivity index (χ2n) is 5.93. The van der Waals surface area contributed by atoms with Crippen molar-refractivity contribution in [3.05, 3.63) is 35.4 Å². The molecule has 20 heavy (non-hydrogen) atoms. The van der Waals surface area contributed by atoms with Crippen molar-refractivity contribution in [1.29, 1.82) is 10.5 Å². The summed E-state index contributed by atoms with van der Waals surface area (Å²) < 4.78 is 0. The van der Waals surface area contributed by atoms with E-state index in [4.69, 9.17) is 10.5 Å². The normalized spacial score (nSPS) is 21.9. The van der Waals surface area contributed by atoms with Gasteiger partial charge >= 0.3 is 0 Å². The number of nitriles is 2. The highest BCUT2D eigenvalue weighted by molar-refractivity contribution is 5.31. The van der Waals surface area contributed by atoms with Gasteiger partial charge in [-0.3, -0.25) is 0 Å². The van der Waals surface area contributed by atoms with Crippen molar-refractivity contribution < 1.29 is 0 Å². The smallest absolute Gasteiger partial charge is 0.0991 e. The van der Waals surface area contributed by atoms with Crippen LogP contribution in [0.5, 0.6) is 0 Å². The molecule has 2 nitrogen and oxygen atoms in total. The molecule has 2 rings (SSSR count). The molecule has 0 aliphatic heterocycles. The van der Waals surface area contributed by atoms with Crippen LogP contribution in [0.2, 0.25) is 0 Å². The number of benzene rings is 1. The van der Waals surface area contributed by atoms with Crippen molar-refractivity contribution in [3.8, 4) is 12.1 Å². The number of hydrogen-bond donors (Lipinski definition) is 0. The molecule has 0 unspecified atom stereocenters. The molecule has 1 aliphatic carbocycles. The van der Waals surface area contributed by atoms with Crippen molar-refractivity contribution in [2.45, 2.75) is 51.4 Å². The van der Waals surface area contributed by atoms with Gasteiger partial charge in [0.2, 0.25) is 0 Å². The Kier molecular flexibility index (Phi) is 5.63. The Balaban J connectivity index is 1.70. The number of rotatable bonds is 5. The van der Waals surface area contributed by atoms with Gasteiger partial charge in [0, 0.05) is 6.42 Å². The molecule has 0 spiro atoms. The molecule has 0 bridgehead atoms. The number of aryl methyl sites for hydroxylation is 1. The fourth-order valence-electron chi connectivity index (χ4n) is 3.19. The lowest BCUT2D eigenvalue weighted by Crippen LogP contribution is -2.15. The Morgan fingerprint density at radius 3 is 2.05 bits per heavy atom. The lowest BCUT2D eigenvalue weighted by atomic mass is 9.78. The Hall–Kier alpha value is -1.80. The monoisotopic (exact) mass is 266 g/mol. The molecule has 0 amide bonds. The van der Waals surface area contributed by atoms with E-state index in [0.29, 0.717) is 0 Å². The van der Waals surface area contributed by atoms with E-state index in [2.05, 4.69) is 24.3 Å². The van der Waals surface area contributed by atoms with Gasteiger partial charge in [-0.15, -0.1) is 0 Å². The molecule has 1 aliphatic rings. The zero-order chi connectivity index (χ0) is 14.2. The van der Waals surface area contributed by atoms with E-state index in [1.807, 2.05) is 12.1 Å². The summed E-state index contributed by atoms with van der Waals surface area (Å²) in [4.78, 5) is 0. The molecule has 1 fully saturated rings. The fourth-order valence-corrected chi connectivity index (χ4v) is 3.19. The van der Waals surface area contributed by atoms with Gasteiger partial charge in [-0.05, 0) is 48.8 Å². The molecule has 104 valence electrons. The van der Waals surface area contributed by atoms with E-state index in [1.165, 1.54) is 37.7 Å². The standard InChI is InChI=1S/C18H22N2/c19-13-1-2-15-3-5-16(6-4-15)7-8-17-9-11-18(14-20)12-10-17/h9-12,15-16H,1-8H2. The quantitative estimate of drug-likeness (QED) is 0.781. The average molecular weight is 266 g/mol. The lowest BCUT2D eigenvalue weighted by molar-refractivity contribution is 0.255. The second kappa shape index (κ2) is 7.71. The minimum Gasteiger partial charge on any atom is -0.198 e. The summed E-state index contributed by atoms with van der Waals surface area (Å²) in [6, 6.07) is 12.4. The first-order chi connectivity index (χ1) is 9.81. The predicted octanol–water partition coefficient (Wildman–Crippen LogP) is 4.60. The topological polar surface area (TPSA) is 47.6 Å². The molecule has 1 saturated carbocycles. The molecular formula is C18H22N2. The SMILES string of the molecule is N#CCCC1CCC(CCc2ccc(C#N)cc2)CC1. The molecule has 1 aromatic carbocycles. The maximum absolute atomic E-state index is 8.78. The zero-order valence-corrected chi connectivity index (χ0v) is 12.0. The van der Waals surface area contributed by atoms with Gasteiger partial charge < -0.3 is 0 Å². The zero-order valence-electron chi connectivity index (χ0n) is 12.0. The molecule has 1 aromatic rings. The van der Waals surface area contributed by atoms with E-state index in [-0.39, 0.29) is 0 Å². The van der Waals surface area contributed by atoms with Gasteiger partial charge in [0.1, 0.15) is 0 Å². The molecule has 2 heteroatoms. The number of hydrogen-bond acceptors (Lipinski definition) is 2. The van der Waals surface area contributed by atoms with Gasteiger partial charge in [-0.25, -0.2) is 0 Å². The highest BCUT2D eigenvalue weighted by Gasteiger charge is 2.20. The van der Waals surface area contributed by atoms with Gasteiger partial charge in [-0.1, -0.05) is 37.8 Å². The summed E-state index contributed by atoms with van der Waals surface area (Å²) >= 11 is 0. The summed E-state index contributed by atoms with van der Waals surface area (Å²) in [5.74, 6) is 1.64. The van der Waals surface area contributed by atoms with Crippen LogP contribution in [0.4, 0.5) is 0 Å². The molecule has 0 aromatic heterocycles. The van der Waals surface area contributed by atoms with Crippen LogP contribution in [-0.2, 0) is 6.42 Å². The third-order valence-corrected chi connectivity index (χ3v) is 4.56. The van der Waals surface area contributed by atoms with Crippen molar-refractivity contribution in [1.82, 2.24) is 0 Å². The Labute approximate surface area is 122 Å². The second-order valence-corrected chi connectivity index (χ2v) is 5.93. The third kappa shape index (κ3) is 4.39. The molecule has 0 radical (unpaired) electrons. The lowest BCUT2D eigenvalue weighted by Gasteiger charge is -2.28. The van der Waals surface area contributed by atoms with Crippen LogP contribution >= 0.6 is 0 Å². The van der Waals surface area contributed by atoms with Gasteiger partial charge in [0.15, 0.2) is 0 Å². The number of nitrogens with zero attached hydrogens (tertiary/aromatic N) is 2. The van der Waals surface area contributed by atoms with Crippen LogP contribution in [0, 0.1) is 34.5 Å². The fraction of sp³-hybridized carbons (Fsp3) is 0.556. The van der Waals surface area contributed by atoms with Crippen LogP contribution in [0.25, 0.3) is 0 Å². The first-order valence-corrected chi connectivity index (χ1v) is 7.68. The van der Waals surface area contributed by atoms with Crippen molar-refractivity contribution in [3.63, 3.8) is 0 Å². The van der Waals surface area contributed by atoms with Gasteiger partial charge in [-0.2, -0.15) is 10.5 Å². The van der Waals surface area contributed by atoms with E-state index in [0.717, 1.165) is 36.7 Å². The molecule has 0 atom stereocenters. The minimum atomic E-state index is 0.723. The first-order valence-electron chi connectivity index (χ1n) is 7.68. The third-order valence-electron chi connectivity index (χ3n) is 4.56. The molecule has 0 heterocycles. The maximum Gasteiger partial charge on any atom is 0.0991 e. The molecule has 0 saturated heterocycles. The van der Waals surface area contributed by atoms with Crippen molar-refractivity contribution in [2.24, 2.45) is 11.8 Å². The molecule has 0 N–H and O–H groups in total. The van der Waals surface area contributed by atoms with Gasteiger partial charge in [0.25, 0.3) is 0 Å². The highest BCUT2D eigenvalue weighted by Crippen LogP contribution is 2.33. The van der Waals surface area contributed by atoms with Crippen LogP contribution in [0.15, 0.2) is 24.3 Å². The van der Waals surface area contributed by atoms with E-state index in [9.17, 15) is 0 Å². The summed E-state index contributed by atoms with van der Waals surface area (Å²) in [5.41, 5.74) is 2.09. The summed E-state index contributed by atoms with van der Waals surface area (Å²) in [5, 5.41) is 17.4. The van der Waals surface area contributed by atoms with Crippen LogP contribution < -0.4 is 0 Å². The highest BCUT2D eigenvalue weighted by atomic mass is 14.3. The van der Waals surface area contributed by atoms with E-state index in [1.54, 1.807) is 0 Å². The Morgan fingerprint density at radius 2 is 1.50 bits per heavy atom. The minimum absolute atomic E-state index is 0.723. The predicted molar refractivity (Wildman–Crippen MR) is 79.8 cm³/mol. The van der Waals surface area contributed by atoms with Gasteiger partial charge in [0.05, 0.1) is 17.7 Å². The first kappa shape index (κ1) is 14.6. The van der Waals surface area contributed by atoms with Crippen LogP contribution in [-0.4, -0.2) is 0 Å². The maximum atomic E-state index is 8.78. The van der Waals surface area contributed by atoms with E-state index >= 15 is 0 Å². The van der Waals surface area contributed by atoms with Crippen molar-refractivity contribution in [2.75, 3.05) is 0 Å². The van der Waals surface area contributed by atoms with Crippen LogP contribution in [0.1, 0.15) is 56.1 Å². The van der Waals surface area contributed by atoms with Crippen molar-refractivity contribution >= 4 is 0 Å². The summed E-state index contributed by atoms with van der Waals surface area (Å²) in [7, 11) is 0. The van der Waals surface area contributed by atoms with Crippen LogP contribution in [0.3, 0.4) is 0 Å². The largest absolute Gasteiger partial charge is 0.198 e. The van der Waals surface area contributed by atoms with E-state index < -0.39 is 0 Å². The summed E-state index contributed by atoms with van der Waals surface area (Å²) in [6.45, 7) is 0.